The molecule has 32 heavy (non-hydrogen) atoms. The molecule has 0 bridgehead atoms. The van der Waals surface area contributed by atoms with Crippen molar-refractivity contribution in [2.45, 2.75) is 6.92 Å². The normalized spacial score (nSPS) is 11.4. The number of pyridine rings is 3. The maximum absolute atomic E-state index is 14.3. The number of hydrogen-bond donors (Lipinski definition) is 0. The van der Waals surface area contributed by atoms with Crippen LogP contribution in [0.5, 0.6) is 5.88 Å². The molecule has 4 heterocycles. The van der Waals surface area contributed by atoms with E-state index in [9.17, 15) is 13.6 Å². The molecule has 7 nitrogen and oxygen atoms in total. The van der Waals surface area contributed by atoms with E-state index in [-0.39, 0.29) is 11.3 Å². The molecule has 0 atom stereocenters. The highest BCUT2D eigenvalue weighted by Crippen LogP contribution is 2.30. The van der Waals surface area contributed by atoms with Gasteiger partial charge >= 0.3 is 5.69 Å². The van der Waals surface area contributed by atoms with Gasteiger partial charge in [0.25, 0.3) is 0 Å². The Hall–Kier alpha value is -4.14. The summed E-state index contributed by atoms with van der Waals surface area (Å²) in [5.41, 5.74) is 2.74. The molecule has 1 aromatic carbocycles. The monoisotopic (exact) mass is 433 g/mol. The van der Waals surface area contributed by atoms with Gasteiger partial charge in [0.05, 0.1) is 41.2 Å². The summed E-state index contributed by atoms with van der Waals surface area (Å²) in [7, 11) is 1.66. The van der Waals surface area contributed by atoms with E-state index in [1.807, 2.05) is 6.92 Å². The Kier molecular flexibility index (Phi) is 4.66. The number of halogens is 2. The number of fused-ring (bicyclic) bond motifs is 3. The van der Waals surface area contributed by atoms with Gasteiger partial charge in [0, 0.05) is 24.1 Å². The van der Waals surface area contributed by atoms with Gasteiger partial charge in [-0.1, -0.05) is 6.07 Å². The van der Waals surface area contributed by atoms with Gasteiger partial charge in [-0.25, -0.2) is 9.78 Å². The lowest BCUT2D eigenvalue weighted by molar-refractivity contribution is 0.327. The lowest BCUT2D eigenvalue weighted by Gasteiger charge is -2.09. The molecule has 5 aromatic rings. The van der Waals surface area contributed by atoms with Crippen molar-refractivity contribution in [3.63, 3.8) is 0 Å². The van der Waals surface area contributed by atoms with Crippen molar-refractivity contribution in [3.8, 4) is 22.7 Å². The minimum atomic E-state index is -0.911. The summed E-state index contributed by atoms with van der Waals surface area (Å²) in [5, 5.41) is 0.635. The SMILES string of the molecule is CCOc1ccc(-n2c(=O)n(C)c3cnc4ccc(-c5ccc(F)nc5F)cc4c32)cn1. The third kappa shape index (κ3) is 3.09. The van der Waals surface area contributed by atoms with Crippen molar-refractivity contribution in [2.24, 2.45) is 7.05 Å². The van der Waals surface area contributed by atoms with Gasteiger partial charge in [-0.05, 0) is 42.8 Å². The standard InChI is InChI=1S/C23H17F2N5O2/c1-3-32-20-9-5-14(11-27-20)30-21-16-10-13(15-6-8-19(24)28-22(15)25)4-7-17(16)26-12-18(21)29(2)23(30)31/h4-12H,3H2,1-2H3. The lowest BCUT2D eigenvalue weighted by Crippen LogP contribution is -2.21. The Bertz CT molecular complexity index is 1540. The number of aromatic nitrogens is 5. The smallest absolute Gasteiger partial charge is 0.333 e. The number of nitrogens with zero attached hydrogens (tertiary/aromatic N) is 5. The molecule has 0 aliphatic carbocycles. The van der Waals surface area contributed by atoms with E-state index in [1.165, 1.54) is 15.2 Å². The number of aryl methyl sites for hydroxylation is 1. The topological polar surface area (TPSA) is 74.8 Å². The molecule has 0 saturated heterocycles. The Balaban J connectivity index is 1.80. The molecule has 0 unspecified atom stereocenters. The average Bonchev–Trinajstić information content (AvgIpc) is 3.05. The van der Waals surface area contributed by atoms with Gasteiger partial charge in [0.1, 0.15) is 0 Å². The van der Waals surface area contributed by atoms with Crippen molar-refractivity contribution >= 4 is 21.9 Å². The fourth-order valence-electron chi connectivity index (χ4n) is 3.77. The van der Waals surface area contributed by atoms with Gasteiger partial charge in [0.2, 0.25) is 17.8 Å². The van der Waals surface area contributed by atoms with E-state index >= 15 is 0 Å². The Morgan fingerprint density at radius 2 is 1.88 bits per heavy atom. The van der Waals surface area contributed by atoms with Gasteiger partial charge in [-0.3, -0.25) is 14.1 Å². The van der Waals surface area contributed by atoms with Crippen LogP contribution < -0.4 is 10.4 Å². The van der Waals surface area contributed by atoms with Crippen LogP contribution in [0.1, 0.15) is 6.92 Å². The molecule has 160 valence electrons. The summed E-state index contributed by atoms with van der Waals surface area (Å²) < 4.78 is 36.0. The minimum absolute atomic E-state index is 0.151. The molecule has 0 amide bonds. The first-order valence-corrected chi connectivity index (χ1v) is 9.89. The van der Waals surface area contributed by atoms with Crippen LogP contribution in [0.25, 0.3) is 38.8 Å². The highest BCUT2D eigenvalue weighted by Gasteiger charge is 2.18. The second kappa shape index (κ2) is 7.52. The zero-order valence-corrected chi connectivity index (χ0v) is 17.2. The predicted molar refractivity (Wildman–Crippen MR) is 116 cm³/mol. The Labute approximate surface area is 180 Å². The van der Waals surface area contributed by atoms with Crippen molar-refractivity contribution in [3.05, 3.63) is 77.2 Å². The van der Waals surface area contributed by atoms with Crippen molar-refractivity contribution in [1.29, 1.82) is 0 Å². The van der Waals surface area contributed by atoms with E-state index in [0.29, 0.717) is 45.7 Å². The zero-order chi connectivity index (χ0) is 22.4. The van der Waals surface area contributed by atoms with E-state index in [2.05, 4.69) is 15.0 Å². The van der Waals surface area contributed by atoms with Crippen LogP contribution >= 0.6 is 0 Å². The highest BCUT2D eigenvalue weighted by atomic mass is 19.1. The van der Waals surface area contributed by atoms with Crippen LogP contribution in [-0.4, -0.2) is 30.7 Å². The van der Waals surface area contributed by atoms with E-state index in [4.69, 9.17) is 4.74 Å². The van der Waals surface area contributed by atoms with E-state index in [0.717, 1.165) is 6.07 Å². The molecule has 0 aliphatic rings. The quantitative estimate of drug-likeness (QED) is 0.401. The largest absolute Gasteiger partial charge is 0.478 e. The summed E-state index contributed by atoms with van der Waals surface area (Å²) in [6.45, 7) is 2.34. The Morgan fingerprint density at radius 3 is 2.59 bits per heavy atom. The van der Waals surface area contributed by atoms with Gasteiger partial charge in [-0.2, -0.15) is 13.8 Å². The average molecular weight is 433 g/mol. The zero-order valence-electron chi connectivity index (χ0n) is 17.2. The molecule has 0 spiro atoms. The maximum atomic E-state index is 14.3. The Morgan fingerprint density at radius 1 is 1.03 bits per heavy atom. The molecule has 5 rings (SSSR count). The summed E-state index contributed by atoms with van der Waals surface area (Å²) in [4.78, 5) is 25.1. The molecular formula is C23H17F2N5O2. The summed E-state index contributed by atoms with van der Waals surface area (Å²) in [5.74, 6) is -1.35. The van der Waals surface area contributed by atoms with Crippen LogP contribution in [0, 0.1) is 11.9 Å². The lowest BCUT2D eigenvalue weighted by atomic mass is 10.0. The van der Waals surface area contributed by atoms with Crippen molar-refractivity contribution < 1.29 is 13.5 Å². The minimum Gasteiger partial charge on any atom is -0.478 e. The van der Waals surface area contributed by atoms with Crippen LogP contribution in [0.4, 0.5) is 8.78 Å². The molecule has 0 N–H and O–H groups in total. The first kappa shape index (κ1) is 19.8. The molecule has 4 aromatic heterocycles. The van der Waals surface area contributed by atoms with Gasteiger partial charge in [-0.15, -0.1) is 0 Å². The second-order valence-corrected chi connectivity index (χ2v) is 7.16. The summed E-state index contributed by atoms with van der Waals surface area (Å²) >= 11 is 0. The van der Waals surface area contributed by atoms with Gasteiger partial charge in [0.15, 0.2) is 0 Å². The highest BCUT2D eigenvalue weighted by molar-refractivity contribution is 6.04. The fraction of sp³-hybridized carbons (Fsp3) is 0.130. The summed E-state index contributed by atoms with van der Waals surface area (Å²) in [6.07, 6.45) is 3.18. The predicted octanol–water partition coefficient (Wildman–Crippen LogP) is 4.01. The fourth-order valence-corrected chi connectivity index (χ4v) is 3.77. The maximum Gasteiger partial charge on any atom is 0.333 e. The number of ether oxygens (including phenoxy) is 1. The van der Waals surface area contributed by atoms with Crippen molar-refractivity contribution in [2.75, 3.05) is 6.61 Å². The molecule has 0 aliphatic heterocycles. The molecule has 0 radical (unpaired) electrons. The van der Waals surface area contributed by atoms with Crippen LogP contribution in [0.2, 0.25) is 0 Å². The summed E-state index contributed by atoms with van der Waals surface area (Å²) in [6, 6.07) is 11.0. The number of hydrogen-bond acceptors (Lipinski definition) is 5. The third-order valence-electron chi connectivity index (χ3n) is 5.28. The first-order valence-electron chi connectivity index (χ1n) is 9.89. The van der Waals surface area contributed by atoms with Gasteiger partial charge < -0.3 is 4.74 Å². The molecular weight excluding hydrogens is 416 g/mol. The van der Waals surface area contributed by atoms with E-state index < -0.39 is 11.9 Å². The molecule has 0 fully saturated rings. The van der Waals surface area contributed by atoms with E-state index in [1.54, 1.807) is 49.8 Å². The number of benzene rings is 1. The number of imidazole rings is 1. The van der Waals surface area contributed by atoms with Crippen LogP contribution in [-0.2, 0) is 7.05 Å². The molecule has 9 heteroatoms. The third-order valence-corrected chi connectivity index (χ3v) is 5.28. The molecule has 0 saturated carbocycles. The van der Waals surface area contributed by atoms with Crippen LogP contribution in [0.15, 0.2) is 59.7 Å². The van der Waals surface area contributed by atoms with Crippen LogP contribution in [0.3, 0.4) is 0 Å². The number of rotatable bonds is 4. The first-order chi connectivity index (χ1) is 15.5. The second-order valence-electron chi connectivity index (χ2n) is 7.16. The van der Waals surface area contributed by atoms with Crippen molar-refractivity contribution in [1.82, 2.24) is 24.1 Å².